The number of hydrogen-bond donors (Lipinski definition) is 2. The van der Waals surface area contributed by atoms with Crippen molar-refractivity contribution in [3.63, 3.8) is 0 Å². The zero-order valence-corrected chi connectivity index (χ0v) is 13.1. The Morgan fingerprint density at radius 3 is 2.67 bits per heavy atom. The molecule has 1 fully saturated rings. The summed E-state index contributed by atoms with van der Waals surface area (Å²) in [7, 11) is 0. The van der Waals surface area contributed by atoms with E-state index >= 15 is 0 Å². The Labute approximate surface area is 139 Å². The molecule has 1 saturated heterocycles. The third-order valence-corrected chi connectivity index (χ3v) is 3.98. The molecule has 1 unspecified atom stereocenters. The third kappa shape index (κ3) is 3.90. The number of carboxylic acid groups (broad SMARTS) is 1. The van der Waals surface area contributed by atoms with E-state index in [0.717, 1.165) is 16.3 Å². The monoisotopic (exact) mass is 329 g/mol. The molecule has 24 heavy (non-hydrogen) atoms. The van der Waals surface area contributed by atoms with Crippen LogP contribution in [0, 0.1) is 0 Å². The van der Waals surface area contributed by atoms with E-state index < -0.39 is 18.1 Å². The van der Waals surface area contributed by atoms with Crippen LogP contribution >= 0.6 is 0 Å². The molecular weight excluding hydrogens is 310 g/mol. The van der Waals surface area contributed by atoms with E-state index in [1.807, 2.05) is 42.5 Å². The van der Waals surface area contributed by atoms with Crippen LogP contribution in [0.4, 0.5) is 0 Å². The first-order valence-corrected chi connectivity index (χ1v) is 7.84. The van der Waals surface area contributed by atoms with Gasteiger partial charge in [0.1, 0.15) is 0 Å². The molecule has 0 radical (unpaired) electrons. The first kappa shape index (κ1) is 16.4. The number of carbonyl (C=O) groups excluding carboxylic acids is 1. The molecule has 2 aromatic carbocycles. The second-order valence-corrected chi connectivity index (χ2v) is 5.70. The first-order valence-electron chi connectivity index (χ1n) is 7.84. The fourth-order valence-electron chi connectivity index (χ4n) is 2.76. The zero-order valence-electron chi connectivity index (χ0n) is 13.1. The van der Waals surface area contributed by atoms with Gasteiger partial charge < -0.3 is 19.9 Å². The summed E-state index contributed by atoms with van der Waals surface area (Å²) >= 11 is 0. The summed E-state index contributed by atoms with van der Waals surface area (Å²) in [5.74, 6) is -1.33. The molecule has 3 rings (SSSR count). The van der Waals surface area contributed by atoms with Gasteiger partial charge in [0.2, 0.25) is 0 Å². The molecule has 6 nitrogen and oxygen atoms in total. The molecular formula is C18H19NO5. The summed E-state index contributed by atoms with van der Waals surface area (Å²) in [6, 6.07) is 12.9. The lowest BCUT2D eigenvalue weighted by Crippen LogP contribution is -2.44. The van der Waals surface area contributed by atoms with Crippen LogP contribution in [0.15, 0.2) is 42.5 Å². The first-order chi connectivity index (χ1) is 11.6. The van der Waals surface area contributed by atoms with E-state index in [1.165, 1.54) is 0 Å². The van der Waals surface area contributed by atoms with Gasteiger partial charge in [-0.15, -0.1) is 0 Å². The summed E-state index contributed by atoms with van der Waals surface area (Å²) < 4.78 is 10.6. The molecule has 0 bridgehead atoms. The van der Waals surface area contributed by atoms with E-state index in [0.29, 0.717) is 13.2 Å². The van der Waals surface area contributed by atoms with Crippen LogP contribution in [-0.2, 0) is 19.1 Å². The topological polar surface area (TPSA) is 84.9 Å². The normalized spacial score (nSPS) is 18.9. The number of carboxylic acids is 1. The van der Waals surface area contributed by atoms with Gasteiger partial charge in [-0.2, -0.15) is 0 Å². The Morgan fingerprint density at radius 2 is 1.96 bits per heavy atom. The fraction of sp³-hybridized carbons (Fsp3) is 0.333. The average Bonchev–Trinajstić information content (AvgIpc) is 2.61. The standard InChI is InChI=1S/C18H19NO5/c20-17(21)10-15(19-18(22)16-11-23-7-8-24-16)14-6-5-12-3-1-2-4-13(12)9-14/h1-6,9,15-16H,7-8,10-11H2,(H,19,22)(H,20,21)/t15-,16?/m0/s1. The second kappa shape index (κ2) is 7.42. The van der Waals surface area contributed by atoms with Gasteiger partial charge in [0.25, 0.3) is 5.91 Å². The Hall–Kier alpha value is -2.44. The Bertz CT molecular complexity index is 739. The fourth-order valence-corrected chi connectivity index (χ4v) is 2.76. The van der Waals surface area contributed by atoms with E-state index in [4.69, 9.17) is 9.47 Å². The third-order valence-electron chi connectivity index (χ3n) is 3.98. The quantitative estimate of drug-likeness (QED) is 0.875. The van der Waals surface area contributed by atoms with Crippen LogP contribution in [0.2, 0.25) is 0 Å². The van der Waals surface area contributed by atoms with Crippen molar-refractivity contribution in [1.82, 2.24) is 5.32 Å². The molecule has 1 amide bonds. The Balaban J connectivity index is 1.81. The van der Waals surface area contributed by atoms with Gasteiger partial charge in [-0.25, -0.2) is 0 Å². The largest absolute Gasteiger partial charge is 0.481 e. The van der Waals surface area contributed by atoms with Crippen LogP contribution < -0.4 is 5.32 Å². The predicted molar refractivity (Wildman–Crippen MR) is 87.6 cm³/mol. The molecule has 0 aliphatic carbocycles. The smallest absolute Gasteiger partial charge is 0.305 e. The van der Waals surface area contributed by atoms with Crippen molar-refractivity contribution in [2.24, 2.45) is 0 Å². The maximum Gasteiger partial charge on any atom is 0.305 e. The van der Waals surface area contributed by atoms with Crippen molar-refractivity contribution in [2.45, 2.75) is 18.6 Å². The molecule has 2 N–H and O–H groups in total. The SMILES string of the molecule is O=C(O)C[C@H](NC(=O)C1COCCO1)c1ccc2ccccc2c1. The predicted octanol–water partition coefficient (Wildman–Crippen LogP) is 1.89. The number of amides is 1. The number of carbonyl (C=O) groups is 2. The second-order valence-electron chi connectivity index (χ2n) is 5.70. The van der Waals surface area contributed by atoms with Crippen molar-refractivity contribution in [3.05, 3.63) is 48.0 Å². The summed E-state index contributed by atoms with van der Waals surface area (Å²) in [5.41, 5.74) is 0.751. The van der Waals surface area contributed by atoms with Gasteiger partial charge in [0.05, 0.1) is 32.3 Å². The minimum Gasteiger partial charge on any atom is -0.481 e. The van der Waals surface area contributed by atoms with E-state index in [1.54, 1.807) is 0 Å². The van der Waals surface area contributed by atoms with Crippen molar-refractivity contribution >= 4 is 22.6 Å². The highest BCUT2D eigenvalue weighted by atomic mass is 16.6. The highest BCUT2D eigenvalue weighted by molar-refractivity contribution is 5.85. The number of aliphatic carboxylic acids is 1. The van der Waals surface area contributed by atoms with Crippen LogP contribution in [0.25, 0.3) is 10.8 Å². The summed E-state index contributed by atoms with van der Waals surface area (Å²) in [6.45, 7) is 1.01. The minimum atomic E-state index is -0.978. The van der Waals surface area contributed by atoms with Crippen molar-refractivity contribution < 1.29 is 24.2 Å². The molecule has 1 heterocycles. The van der Waals surface area contributed by atoms with Crippen LogP contribution in [0.5, 0.6) is 0 Å². The Kier molecular flexibility index (Phi) is 5.08. The number of nitrogens with one attached hydrogen (secondary N) is 1. The highest BCUT2D eigenvalue weighted by Crippen LogP contribution is 2.23. The van der Waals surface area contributed by atoms with Crippen LogP contribution in [0.3, 0.4) is 0 Å². The van der Waals surface area contributed by atoms with Gasteiger partial charge in [-0.3, -0.25) is 9.59 Å². The molecule has 0 aromatic heterocycles. The van der Waals surface area contributed by atoms with Crippen molar-refractivity contribution in [2.75, 3.05) is 19.8 Å². The molecule has 2 atom stereocenters. The molecule has 0 saturated carbocycles. The molecule has 6 heteroatoms. The molecule has 1 aliphatic rings. The maximum atomic E-state index is 12.3. The van der Waals surface area contributed by atoms with Crippen LogP contribution in [0.1, 0.15) is 18.0 Å². The maximum absolute atomic E-state index is 12.3. The lowest BCUT2D eigenvalue weighted by molar-refractivity contribution is -0.148. The summed E-state index contributed by atoms with van der Waals surface area (Å²) in [5, 5.41) is 14.0. The number of hydrogen-bond acceptors (Lipinski definition) is 4. The van der Waals surface area contributed by atoms with Crippen molar-refractivity contribution in [3.8, 4) is 0 Å². The zero-order chi connectivity index (χ0) is 16.9. The number of rotatable bonds is 5. The van der Waals surface area contributed by atoms with E-state index in [2.05, 4.69) is 5.32 Å². The molecule has 2 aromatic rings. The molecule has 0 spiro atoms. The summed E-state index contributed by atoms with van der Waals surface area (Å²) in [4.78, 5) is 23.5. The lowest BCUT2D eigenvalue weighted by atomic mass is 9.99. The van der Waals surface area contributed by atoms with Gasteiger partial charge in [0, 0.05) is 0 Å². The van der Waals surface area contributed by atoms with Gasteiger partial charge >= 0.3 is 5.97 Å². The average molecular weight is 329 g/mol. The number of ether oxygens (including phenoxy) is 2. The van der Waals surface area contributed by atoms with Crippen LogP contribution in [-0.4, -0.2) is 42.9 Å². The Morgan fingerprint density at radius 1 is 1.17 bits per heavy atom. The lowest BCUT2D eigenvalue weighted by Gasteiger charge is -2.25. The van der Waals surface area contributed by atoms with Gasteiger partial charge in [-0.1, -0.05) is 36.4 Å². The minimum absolute atomic E-state index is 0.184. The van der Waals surface area contributed by atoms with Gasteiger partial charge in [-0.05, 0) is 22.4 Å². The summed E-state index contributed by atoms with van der Waals surface area (Å²) in [6.07, 6.45) is -0.895. The number of benzene rings is 2. The molecule has 1 aliphatic heterocycles. The van der Waals surface area contributed by atoms with Crippen molar-refractivity contribution in [1.29, 1.82) is 0 Å². The van der Waals surface area contributed by atoms with E-state index in [-0.39, 0.29) is 18.9 Å². The number of fused-ring (bicyclic) bond motifs is 1. The van der Waals surface area contributed by atoms with Gasteiger partial charge in [0.15, 0.2) is 6.10 Å². The highest BCUT2D eigenvalue weighted by Gasteiger charge is 2.26. The van der Waals surface area contributed by atoms with E-state index in [9.17, 15) is 14.7 Å². The molecule has 126 valence electrons.